The lowest BCUT2D eigenvalue weighted by Gasteiger charge is -2.29. The second-order valence-corrected chi connectivity index (χ2v) is 4.99. The third-order valence-corrected chi connectivity index (χ3v) is 3.79. The number of aliphatic carboxylic acids is 1. The average Bonchev–Trinajstić information content (AvgIpc) is 2.90. The number of rotatable bonds is 2. The van der Waals surface area contributed by atoms with Crippen LogP contribution in [0.2, 0.25) is 0 Å². The summed E-state index contributed by atoms with van der Waals surface area (Å²) >= 11 is 0. The Morgan fingerprint density at radius 1 is 1.25 bits per heavy atom. The average molecular weight is 273 g/mol. The molecule has 0 radical (unpaired) electrons. The van der Waals surface area contributed by atoms with Crippen molar-refractivity contribution in [3.63, 3.8) is 0 Å². The van der Waals surface area contributed by atoms with E-state index in [-0.39, 0.29) is 11.8 Å². The number of nitrogens with zero attached hydrogens (tertiary/aromatic N) is 3. The van der Waals surface area contributed by atoms with Crippen LogP contribution in [-0.4, -0.2) is 44.6 Å². The van der Waals surface area contributed by atoms with E-state index in [0.29, 0.717) is 31.5 Å². The molecule has 0 bridgehead atoms. The van der Waals surface area contributed by atoms with Crippen molar-refractivity contribution in [3.05, 3.63) is 36.2 Å². The van der Waals surface area contributed by atoms with E-state index < -0.39 is 5.97 Å². The Morgan fingerprint density at radius 2 is 2.00 bits per heavy atom. The summed E-state index contributed by atoms with van der Waals surface area (Å²) < 4.78 is 1.66. The Morgan fingerprint density at radius 3 is 2.70 bits per heavy atom. The van der Waals surface area contributed by atoms with Crippen molar-refractivity contribution in [2.24, 2.45) is 5.92 Å². The van der Waals surface area contributed by atoms with E-state index in [2.05, 4.69) is 5.10 Å². The molecule has 3 rings (SSSR count). The number of pyridine rings is 1. The lowest BCUT2D eigenvalue weighted by molar-refractivity contribution is -0.143. The number of aromatic nitrogens is 2. The van der Waals surface area contributed by atoms with Gasteiger partial charge in [-0.3, -0.25) is 9.59 Å². The molecule has 3 heterocycles. The normalized spacial score (nSPS) is 16.5. The number of carbonyl (C=O) groups is 2. The van der Waals surface area contributed by atoms with Gasteiger partial charge in [0.2, 0.25) is 0 Å². The maximum atomic E-state index is 12.5. The summed E-state index contributed by atoms with van der Waals surface area (Å²) in [5.41, 5.74) is 1.34. The van der Waals surface area contributed by atoms with E-state index in [4.69, 9.17) is 5.11 Å². The summed E-state index contributed by atoms with van der Waals surface area (Å²) in [6, 6.07) is 5.57. The van der Waals surface area contributed by atoms with Crippen molar-refractivity contribution < 1.29 is 14.7 Å². The molecule has 1 aliphatic heterocycles. The van der Waals surface area contributed by atoms with Crippen LogP contribution in [0.4, 0.5) is 0 Å². The largest absolute Gasteiger partial charge is 0.481 e. The van der Waals surface area contributed by atoms with E-state index in [1.54, 1.807) is 21.8 Å². The third-order valence-electron chi connectivity index (χ3n) is 3.79. The number of amides is 1. The molecule has 6 nitrogen and oxygen atoms in total. The molecule has 0 spiro atoms. The quantitative estimate of drug-likeness (QED) is 0.894. The fraction of sp³-hybridized carbons (Fsp3) is 0.357. The number of carboxylic acid groups (broad SMARTS) is 1. The Balaban J connectivity index is 1.78. The molecule has 0 aliphatic carbocycles. The first-order valence-electron chi connectivity index (χ1n) is 6.61. The number of likely N-dealkylation sites (tertiary alicyclic amines) is 1. The van der Waals surface area contributed by atoms with Gasteiger partial charge in [0.15, 0.2) is 0 Å². The predicted molar refractivity (Wildman–Crippen MR) is 71.5 cm³/mol. The van der Waals surface area contributed by atoms with Crippen molar-refractivity contribution in [1.29, 1.82) is 0 Å². The van der Waals surface area contributed by atoms with Gasteiger partial charge in [0.25, 0.3) is 5.91 Å². The van der Waals surface area contributed by atoms with E-state index in [0.717, 1.165) is 5.52 Å². The van der Waals surface area contributed by atoms with E-state index in [1.165, 1.54) is 0 Å². The van der Waals surface area contributed by atoms with Crippen LogP contribution < -0.4 is 0 Å². The summed E-state index contributed by atoms with van der Waals surface area (Å²) in [6.45, 7) is 0.972. The molecule has 1 saturated heterocycles. The molecule has 6 heteroatoms. The topological polar surface area (TPSA) is 74.9 Å². The Hall–Kier alpha value is -2.37. The molecule has 104 valence electrons. The minimum absolute atomic E-state index is 0.0740. The molecule has 0 atom stereocenters. The summed E-state index contributed by atoms with van der Waals surface area (Å²) in [6.07, 6.45) is 4.39. The molecule has 1 aliphatic rings. The van der Waals surface area contributed by atoms with Gasteiger partial charge in [-0.2, -0.15) is 5.10 Å². The molecular formula is C14H15N3O3. The highest BCUT2D eigenvalue weighted by molar-refractivity contribution is 6.00. The first-order chi connectivity index (χ1) is 9.66. The molecule has 0 saturated carbocycles. The maximum Gasteiger partial charge on any atom is 0.306 e. The van der Waals surface area contributed by atoms with Crippen LogP contribution in [-0.2, 0) is 4.79 Å². The zero-order valence-corrected chi connectivity index (χ0v) is 10.9. The predicted octanol–water partition coefficient (Wildman–Crippen LogP) is 1.27. The highest BCUT2D eigenvalue weighted by Gasteiger charge is 2.28. The second kappa shape index (κ2) is 4.96. The molecule has 0 aromatic carbocycles. The molecule has 1 fully saturated rings. The van der Waals surface area contributed by atoms with Gasteiger partial charge >= 0.3 is 5.97 Å². The second-order valence-electron chi connectivity index (χ2n) is 4.99. The van der Waals surface area contributed by atoms with Crippen LogP contribution in [0, 0.1) is 5.92 Å². The smallest absolute Gasteiger partial charge is 0.306 e. The van der Waals surface area contributed by atoms with Crippen LogP contribution in [0.3, 0.4) is 0 Å². The van der Waals surface area contributed by atoms with Crippen molar-refractivity contribution in [3.8, 4) is 0 Å². The van der Waals surface area contributed by atoms with Gasteiger partial charge < -0.3 is 10.0 Å². The van der Waals surface area contributed by atoms with Gasteiger partial charge in [-0.05, 0) is 25.0 Å². The van der Waals surface area contributed by atoms with Crippen LogP contribution in [0.1, 0.15) is 23.2 Å². The van der Waals surface area contributed by atoms with Crippen LogP contribution >= 0.6 is 0 Å². The zero-order chi connectivity index (χ0) is 14.1. The standard InChI is InChI=1S/C14H15N3O3/c18-13(16-7-4-10(5-8-16)14(19)20)11-9-15-17-6-2-1-3-12(11)17/h1-3,6,9-10H,4-5,7-8H2,(H,19,20). The van der Waals surface area contributed by atoms with Gasteiger partial charge in [-0.1, -0.05) is 6.07 Å². The molecule has 1 amide bonds. The summed E-state index contributed by atoms with van der Waals surface area (Å²) in [5.74, 6) is -1.17. The van der Waals surface area contributed by atoms with Crippen LogP contribution in [0.15, 0.2) is 30.6 Å². The lowest BCUT2D eigenvalue weighted by Crippen LogP contribution is -2.40. The minimum atomic E-state index is -0.770. The van der Waals surface area contributed by atoms with Gasteiger partial charge in [0, 0.05) is 19.3 Å². The van der Waals surface area contributed by atoms with E-state index >= 15 is 0 Å². The van der Waals surface area contributed by atoms with E-state index in [9.17, 15) is 9.59 Å². The number of carbonyl (C=O) groups excluding carboxylic acids is 1. The fourth-order valence-electron chi connectivity index (χ4n) is 2.60. The zero-order valence-electron chi connectivity index (χ0n) is 10.9. The SMILES string of the molecule is O=C(O)C1CCN(C(=O)c2cnn3ccccc23)CC1. The van der Waals surface area contributed by atoms with E-state index in [1.807, 2.05) is 18.2 Å². The first-order valence-corrected chi connectivity index (χ1v) is 6.61. The molecule has 20 heavy (non-hydrogen) atoms. The van der Waals surface area contributed by atoms with Crippen molar-refractivity contribution in [1.82, 2.24) is 14.5 Å². The molecular weight excluding hydrogens is 258 g/mol. The highest BCUT2D eigenvalue weighted by atomic mass is 16.4. The van der Waals surface area contributed by atoms with Gasteiger partial charge in [-0.15, -0.1) is 0 Å². The number of carboxylic acids is 1. The van der Waals surface area contributed by atoms with Gasteiger partial charge in [0.05, 0.1) is 23.2 Å². The maximum absolute atomic E-state index is 12.5. The third kappa shape index (κ3) is 2.13. The molecule has 2 aromatic rings. The van der Waals surface area contributed by atoms with Crippen LogP contribution in [0.5, 0.6) is 0 Å². The van der Waals surface area contributed by atoms with Crippen molar-refractivity contribution in [2.75, 3.05) is 13.1 Å². The number of hydrogen-bond acceptors (Lipinski definition) is 3. The van der Waals surface area contributed by atoms with Crippen LogP contribution in [0.25, 0.3) is 5.52 Å². The number of fused-ring (bicyclic) bond motifs is 1. The Labute approximate surface area is 115 Å². The summed E-state index contributed by atoms with van der Waals surface area (Å²) in [5, 5.41) is 13.1. The first kappa shape index (κ1) is 12.7. The summed E-state index contributed by atoms with van der Waals surface area (Å²) in [7, 11) is 0. The molecule has 1 N–H and O–H groups in total. The Bertz CT molecular complexity index is 656. The summed E-state index contributed by atoms with van der Waals surface area (Å²) in [4.78, 5) is 25.1. The number of piperidine rings is 1. The van der Waals surface area contributed by atoms with Gasteiger partial charge in [-0.25, -0.2) is 4.52 Å². The fourth-order valence-corrected chi connectivity index (χ4v) is 2.60. The monoisotopic (exact) mass is 273 g/mol. The van der Waals surface area contributed by atoms with Crippen molar-refractivity contribution in [2.45, 2.75) is 12.8 Å². The van der Waals surface area contributed by atoms with Gasteiger partial charge in [0.1, 0.15) is 0 Å². The number of hydrogen-bond donors (Lipinski definition) is 1. The minimum Gasteiger partial charge on any atom is -0.481 e. The van der Waals surface area contributed by atoms with Crippen molar-refractivity contribution >= 4 is 17.4 Å². The lowest BCUT2D eigenvalue weighted by atomic mass is 9.97. The molecule has 2 aromatic heterocycles. The molecule has 0 unspecified atom stereocenters. The highest BCUT2D eigenvalue weighted by Crippen LogP contribution is 2.20. The Kier molecular flexibility index (Phi) is 3.14.